The number of carbonyl (C=O) groups is 3. The van der Waals surface area contributed by atoms with Crippen LogP contribution in [0.3, 0.4) is 0 Å². The minimum atomic E-state index is -1.29. The van der Waals surface area contributed by atoms with Gasteiger partial charge >= 0.3 is 17.9 Å². The highest BCUT2D eigenvalue weighted by Gasteiger charge is 2.24. The second-order valence-electron chi connectivity index (χ2n) is 8.27. The van der Waals surface area contributed by atoms with Crippen molar-refractivity contribution in [3.8, 4) is 23.0 Å². The third-order valence-corrected chi connectivity index (χ3v) is 5.53. The highest BCUT2D eigenvalue weighted by Crippen LogP contribution is 2.39. The minimum absolute atomic E-state index is 0.0178. The Morgan fingerprint density at radius 1 is 0.806 bits per heavy atom. The van der Waals surface area contributed by atoms with Gasteiger partial charge in [-0.25, -0.2) is 0 Å². The summed E-state index contributed by atoms with van der Waals surface area (Å²) in [4.78, 5) is 34.7. The number of carboxylic acids is 1. The first-order valence-corrected chi connectivity index (χ1v) is 11.1. The number of carbonyl (C=O) groups excluding carboxylic acids is 2. The Balaban J connectivity index is 2.16. The molecule has 0 amide bonds. The van der Waals surface area contributed by atoms with E-state index in [0.29, 0.717) is 28.0 Å². The fourth-order valence-corrected chi connectivity index (χ4v) is 3.93. The van der Waals surface area contributed by atoms with E-state index in [1.807, 2.05) is 0 Å². The molecule has 0 saturated heterocycles. The van der Waals surface area contributed by atoms with Gasteiger partial charge in [0.15, 0.2) is 11.5 Å². The summed E-state index contributed by atoms with van der Waals surface area (Å²) in [6, 6.07) is 13.5. The molecule has 0 saturated carbocycles. The van der Waals surface area contributed by atoms with Crippen molar-refractivity contribution < 1.29 is 39.2 Å². The quantitative estimate of drug-likeness (QED) is 0.200. The molecule has 0 aliphatic heterocycles. The Kier molecular flexibility index (Phi) is 8.29. The van der Waals surface area contributed by atoms with Crippen LogP contribution < -0.4 is 15.2 Å². The highest BCUT2D eigenvalue weighted by molar-refractivity contribution is 5.74. The Hall–Kier alpha value is -4.37. The second-order valence-corrected chi connectivity index (χ2v) is 8.27. The first-order chi connectivity index (χ1) is 17.1. The van der Waals surface area contributed by atoms with Crippen LogP contribution in [0.4, 0.5) is 0 Å². The standard InChI is InChI=1S/C27H27NO8/c1-15(29)35-24-9-5-3-7-17(24)11-19-13-23(31)26(32)21(20(19)14-22(28)27(33)34)12-18-8-4-6-10-25(18)36-16(2)30/h3-10,13,22,31-32H,11-12,14,28H2,1-2H3,(H,33,34). The van der Waals surface area contributed by atoms with Crippen LogP contribution >= 0.6 is 0 Å². The summed E-state index contributed by atoms with van der Waals surface area (Å²) >= 11 is 0. The number of benzene rings is 3. The van der Waals surface area contributed by atoms with Crippen LogP contribution in [0.15, 0.2) is 54.6 Å². The highest BCUT2D eigenvalue weighted by atomic mass is 16.5. The Bertz CT molecular complexity index is 1300. The minimum Gasteiger partial charge on any atom is -0.504 e. The van der Waals surface area contributed by atoms with E-state index in [4.69, 9.17) is 15.2 Å². The molecule has 188 valence electrons. The third kappa shape index (κ3) is 6.39. The topological polar surface area (TPSA) is 156 Å². The van der Waals surface area contributed by atoms with Crippen LogP contribution in [0.2, 0.25) is 0 Å². The number of hydrogen-bond donors (Lipinski definition) is 4. The van der Waals surface area contributed by atoms with Crippen LogP contribution in [-0.2, 0) is 33.6 Å². The van der Waals surface area contributed by atoms with Crippen LogP contribution in [-0.4, -0.2) is 39.3 Å². The zero-order valence-electron chi connectivity index (χ0n) is 19.9. The number of esters is 2. The van der Waals surface area contributed by atoms with Crippen LogP contribution in [0.25, 0.3) is 0 Å². The van der Waals surface area contributed by atoms with Crippen molar-refractivity contribution in [1.29, 1.82) is 0 Å². The summed E-state index contributed by atoms with van der Waals surface area (Å²) in [6.07, 6.45) is 0.0147. The molecule has 0 aromatic heterocycles. The predicted octanol–water partition coefficient (Wildman–Crippen LogP) is 3.08. The van der Waals surface area contributed by atoms with Crippen molar-refractivity contribution in [2.45, 2.75) is 39.2 Å². The molecule has 0 fully saturated rings. The monoisotopic (exact) mass is 493 g/mol. The van der Waals surface area contributed by atoms with Gasteiger partial charge in [0.1, 0.15) is 17.5 Å². The molecule has 0 heterocycles. The molecule has 0 aliphatic carbocycles. The lowest BCUT2D eigenvalue weighted by molar-refractivity contribution is -0.138. The van der Waals surface area contributed by atoms with Crippen molar-refractivity contribution in [2.75, 3.05) is 0 Å². The van der Waals surface area contributed by atoms with Gasteiger partial charge in [0.2, 0.25) is 0 Å². The largest absolute Gasteiger partial charge is 0.504 e. The number of rotatable bonds is 9. The van der Waals surface area contributed by atoms with Gasteiger partial charge in [0, 0.05) is 32.3 Å². The number of aromatic hydroxyl groups is 2. The van der Waals surface area contributed by atoms with E-state index in [9.17, 15) is 29.7 Å². The van der Waals surface area contributed by atoms with Crippen LogP contribution in [0.5, 0.6) is 23.0 Å². The first-order valence-electron chi connectivity index (χ1n) is 11.1. The van der Waals surface area contributed by atoms with Crippen molar-refractivity contribution >= 4 is 17.9 Å². The van der Waals surface area contributed by atoms with Gasteiger partial charge in [0.05, 0.1) is 0 Å². The van der Waals surface area contributed by atoms with Crippen LogP contribution in [0, 0.1) is 0 Å². The number of ether oxygens (including phenoxy) is 2. The molecule has 0 radical (unpaired) electrons. The summed E-state index contributed by atoms with van der Waals surface area (Å²) in [6.45, 7) is 2.54. The molecule has 0 spiro atoms. The maximum absolute atomic E-state index is 11.6. The van der Waals surface area contributed by atoms with Gasteiger partial charge in [-0.2, -0.15) is 0 Å². The number of nitrogens with two attached hydrogens (primary N) is 1. The number of phenolic OH excluding ortho intramolecular Hbond substituents is 2. The molecular weight excluding hydrogens is 466 g/mol. The van der Waals surface area contributed by atoms with Crippen molar-refractivity contribution in [1.82, 2.24) is 0 Å². The zero-order valence-corrected chi connectivity index (χ0v) is 19.9. The molecule has 3 aromatic carbocycles. The lowest BCUT2D eigenvalue weighted by atomic mass is 9.87. The molecule has 1 unspecified atom stereocenters. The third-order valence-electron chi connectivity index (χ3n) is 5.53. The lowest BCUT2D eigenvalue weighted by Gasteiger charge is -2.21. The first kappa shape index (κ1) is 26.2. The average Bonchev–Trinajstić information content (AvgIpc) is 2.81. The number of hydrogen-bond acceptors (Lipinski definition) is 8. The molecule has 5 N–H and O–H groups in total. The summed E-state index contributed by atoms with van der Waals surface area (Å²) in [5, 5.41) is 30.8. The van der Waals surface area contributed by atoms with E-state index in [2.05, 4.69) is 0 Å². The van der Waals surface area contributed by atoms with E-state index in [0.717, 1.165) is 0 Å². The van der Waals surface area contributed by atoms with E-state index in [1.165, 1.54) is 19.9 Å². The molecule has 0 aliphatic rings. The van der Waals surface area contributed by atoms with Gasteiger partial charge in [-0.05, 0) is 46.9 Å². The number of para-hydroxylation sites is 2. The normalized spacial score (nSPS) is 11.5. The molecule has 1 atom stereocenters. The Morgan fingerprint density at radius 3 is 1.81 bits per heavy atom. The molecule has 0 bridgehead atoms. The van der Waals surface area contributed by atoms with Gasteiger partial charge in [-0.3, -0.25) is 14.4 Å². The van der Waals surface area contributed by atoms with E-state index < -0.39 is 35.4 Å². The maximum atomic E-state index is 11.6. The lowest BCUT2D eigenvalue weighted by Crippen LogP contribution is -2.33. The van der Waals surface area contributed by atoms with Crippen molar-refractivity contribution in [2.24, 2.45) is 5.73 Å². The number of carboxylic acid groups (broad SMARTS) is 1. The maximum Gasteiger partial charge on any atom is 0.320 e. The summed E-state index contributed by atoms with van der Waals surface area (Å²) in [7, 11) is 0. The van der Waals surface area contributed by atoms with Crippen molar-refractivity contribution in [3.05, 3.63) is 82.4 Å². The van der Waals surface area contributed by atoms with Crippen LogP contribution in [0.1, 0.15) is 41.7 Å². The summed E-state index contributed by atoms with van der Waals surface area (Å²) in [5.41, 5.74) is 8.15. The predicted molar refractivity (Wildman–Crippen MR) is 130 cm³/mol. The molecule has 9 nitrogen and oxygen atoms in total. The molecule has 9 heteroatoms. The fraction of sp³-hybridized carbons (Fsp3) is 0.222. The second kappa shape index (κ2) is 11.4. The SMILES string of the molecule is CC(=O)Oc1ccccc1Cc1cc(O)c(O)c(Cc2ccccc2OC(C)=O)c1CC(N)C(=O)O. The molecule has 3 rings (SSSR count). The summed E-state index contributed by atoms with van der Waals surface area (Å²) < 4.78 is 10.6. The summed E-state index contributed by atoms with van der Waals surface area (Å²) in [5.74, 6) is -2.54. The average molecular weight is 494 g/mol. The fourth-order valence-electron chi connectivity index (χ4n) is 3.93. The van der Waals surface area contributed by atoms with E-state index in [-0.39, 0.29) is 30.6 Å². The Labute approximate surface area is 207 Å². The smallest absolute Gasteiger partial charge is 0.320 e. The number of aliphatic carboxylic acids is 1. The zero-order chi connectivity index (χ0) is 26.4. The van der Waals surface area contributed by atoms with Gasteiger partial charge in [-0.15, -0.1) is 0 Å². The number of phenols is 2. The van der Waals surface area contributed by atoms with E-state index in [1.54, 1.807) is 48.5 Å². The van der Waals surface area contributed by atoms with Gasteiger partial charge in [0.25, 0.3) is 0 Å². The molecular formula is C27H27NO8. The van der Waals surface area contributed by atoms with Gasteiger partial charge in [-0.1, -0.05) is 36.4 Å². The molecule has 36 heavy (non-hydrogen) atoms. The van der Waals surface area contributed by atoms with E-state index >= 15 is 0 Å². The van der Waals surface area contributed by atoms with Gasteiger partial charge < -0.3 is 30.5 Å². The Morgan fingerprint density at radius 2 is 1.31 bits per heavy atom. The van der Waals surface area contributed by atoms with Crippen molar-refractivity contribution in [3.63, 3.8) is 0 Å². The molecule has 3 aromatic rings.